The molecule has 24 heavy (non-hydrogen) atoms. The number of benzene rings is 1. The Morgan fingerprint density at radius 3 is 2.83 bits per heavy atom. The second-order valence-electron chi connectivity index (χ2n) is 4.96. The number of hydrogen-bond donors (Lipinski definition) is 1. The van der Waals surface area contributed by atoms with Gasteiger partial charge in [0.05, 0.1) is 16.6 Å². The Kier molecular flexibility index (Phi) is 4.93. The SMILES string of the molecule is O=C(OC[C@H]1OCC(n2cc(Br)c(=O)[nH]c2=O)O1)c1ccccc1. The molecule has 3 rings (SSSR count). The van der Waals surface area contributed by atoms with Crippen LogP contribution in [-0.2, 0) is 14.2 Å². The average molecular weight is 397 g/mol. The Morgan fingerprint density at radius 1 is 1.33 bits per heavy atom. The fourth-order valence-electron chi connectivity index (χ4n) is 2.15. The maximum atomic E-state index is 11.9. The highest BCUT2D eigenvalue weighted by Crippen LogP contribution is 2.20. The number of aromatic nitrogens is 2. The van der Waals surface area contributed by atoms with Gasteiger partial charge >= 0.3 is 11.7 Å². The van der Waals surface area contributed by atoms with Gasteiger partial charge in [0.25, 0.3) is 5.56 Å². The summed E-state index contributed by atoms with van der Waals surface area (Å²) in [5.74, 6) is -0.491. The highest BCUT2D eigenvalue weighted by Gasteiger charge is 2.29. The van der Waals surface area contributed by atoms with Crippen molar-refractivity contribution in [1.29, 1.82) is 0 Å². The minimum Gasteiger partial charge on any atom is -0.457 e. The topological polar surface area (TPSA) is 99.6 Å². The molecular formula is C15H13BrN2O6. The van der Waals surface area contributed by atoms with Gasteiger partial charge in [-0.3, -0.25) is 14.3 Å². The molecule has 0 aliphatic carbocycles. The van der Waals surface area contributed by atoms with E-state index in [2.05, 4.69) is 20.9 Å². The Balaban J connectivity index is 1.60. The molecule has 1 saturated heterocycles. The van der Waals surface area contributed by atoms with E-state index in [1.54, 1.807) is 30.3 Å². The Bertz CT molecular complexity index is 847. The third-order valence-corrected chi connectivity index (χ3v) is 3.89. The molecule has 0 spiro atoms. The van der Waals surface area contributed by atoms with E-state index in [9.17, 15) is 14.4 Å². The normalized spacial score (nSPS) is 20.0. The second-order valence-corrected chi connectivity index (χ2v) is 5.82. The molecule has 2 heterocycles. The van der Waals surface area contributed by atoms with Crippen molar-refractivity contribution >= 4 is 21.9 Å². The number of nitrogens with zero attached hydrogens (tertiary/aromatic N) is 1. The van der Waals surface area contributed by atoms with Gasteiger partial charge in [-0.1, -0.05) is 18.2 Å². The number of esters is 1. The van der Waals surface area contributed by atoms with Crippen molar-refractivity contribution in [3.63, 3.8) is 0 Å². The van der Waals surface area contributed by atoms with Gasteiger partial charge in [0.1, 0.15) is 6.61 Å². The number of nitrogens with one attached hydrogen (secondary N) is 1. The fraction of sp³-hybridized carbons (Fsp3) is 0.267. The smallest absolute Gasteiger partial charge is 0.338 e. The van der Waals surface area contributed by atoms with Crippen LogP contribution in [-0.4, -0.2) is 35.0 Å². The lowest BCUT2D eigenvalue weighted by Crippen LogP contribution is -2.33. The number of carbonyl (C=O) groups excluding carboxylic acids is 1. The molecule has 1 unspecified atom stereocenters. The van der Waals surface area contributed by atoms with E-state index in [4.69, 9.17) is 14.2 Å². The number of rotatable bonds is 4. The lowest BCUT2D eigenvalue weighted by molar-refractivity contribution is -0.103. The number of aromatic amines is 1. The quantitative estimate of drug-likeness (QED) is 0.774. The van der Waals surface area contributed by atoms with Crippen molar-refractivity contribution < 1.29 is 19.0 Å². The predicted octanol–water partition coefficient (Wildman–Crippen LogP) is 1.03. The Labute approximate surface area is 144 Å². The predicted molar refractivity (Wildman–Crippen MR) is 85.6 cm³/mol. The first-order valence-electron chi connectivity index (χ1n) is 7.05. The third-order valence-electron chi connectivity index (χ3n) is 3.33. The van der Waals surface area contributed by atoms with Crippen LogP contribution in [0.2, 0.25) is 0 Å². The fourth-order valence-corrected chi connectivity index (χ4v) is 2.47. The molecule has 9 heteroatoms. The summed E-state index contributed by atoms with van der Waals surface area (Å²) in [5, 5.41) is 0. The van der Waals surface area contributed by atoms with E-state index in [1.165, 1.54) is 10.8 Å². The number of ether oxygens (including phenoxy) is 3. The zero-order valence-corrected chi connectivity index (χ0v) is 13.9. The van der Waals surface area contributed by atoms with Gasteiger partial charge in [0.2, 0.25) is 0 Å². The Hall–Kier alpha value is -2.23. The maximum absolute atomic E-state index is 11.9. The third kappa shape index (κ3) is 3.64. The van der Waals surface area contributed by atoms with Crippen molar-refractivity contribution in [3.8, 4) is 0 Å². The lowest BCUT2D eigenvalue weighted by atomic mass is 10.2. The summed E-state index contributed by atoms with van der Waals surface area (Å²) in [6, 6.07) is 8.54. The number of hydrogen-bond acceptors (Lipinski definition) is 6. The lowest BCUT2D eigenvalue weighted by Gasteiger charge is -2.13. The summed E-state index contributed by atoms with van der Waals surface area (Å²) in [4.78, 5) is 37.2. The summed E-state index contributed by atoms with van der Waals surface area (Å²) >= 11 is 3.05. The van der Waals surface area contributed by atoms with E-state index in [0.29, 0.717) is 5.56 Å². The van der Waals surface area contributed by atoms with Crippen molar-refractivity contribution in [2.45, 2.75) is 12.5 Å². The molecule has 1 aliphatic heterocycles. The molecule has 2 atom stereocenters. The highest BCUT2D eigenvalue weighted by molar-refractivity contribution is 9.10. The monoisotopic (exact) mass is 396 g/mol. The van der Waals surface area contributed by atoms with Gasteiger partial charge in [-0.2, -0.15) is 0 Å². The molecule has 8 nitrogen and oxygen atoms in total. The summed E-state index contributed by atoms with van der Waals surface area (Å²) in [7, 11) is 0. The van der Waals surface area contributed by atoms with Crippen molar-refractivity contribution in [3.05, 3.63) is 67.4 Å². The molecule has 1 fully saturated rings. The van der Waals surface area contributed by atoms with Crippen LogP contribution < -0.4 is 11.2 Å². The molecule has 126 valence electrons. The van der Waals surface area contributed by atoms with Gasteiger partial charge in [-0.05, 0) is 28.1 Å². The summed E-state index contributed by atoms with van der Waals surface area (Å²) in [6.45, 7) is -0.0184. The zero-order valence-electron chi connectivity index (χ0n) is 12.3. The van der Waals surface area contributed by atoms with Crippen LogP contribution in [0.4, 0.5) is 0 Å². The molecule has 0 radical (unpaired) electrons. The first kappa shape index (κ1) is 16.6. The van der Waals surface area contributed by atoms with Crippen LogP contribution in [0.25, 0.3) is 0 Å². The minimum atomic E-state index is -0.791. The maximum Gasteiger partial charge on any atom is 0.338 e. The average Bonchev–Trinajstić information content (AvgIpc) is 3.05. The van der Waals surface area contributed by atoms with E-state index < -0.39 is 29.7 Å². The van der Waals surface area contributed by atoms with Gasteiger partial charge in [-0.25, -0.2) is 9.59 Å². The minimum absolute atomic E-state index is 0.0892. The van der Waals surface area contributed by atoms with Crippen LogP contribution in [0.5, 0.6) is 0 Å². The molecule has 1 N–H and O–H groups in total. The van der Waals surface area contributed by atoms with Crippen LogP contribution in [0, 0.1) is 0 Å². The summed E-state index contributed by atoms with van der Waals surface area (Å²) in [5.41, 5.74) is -0.713. The molecule has 1 aliphatic rings. The van der Waals surface area contributed by atoms with E-state index in [-0.39, 0.29) is 17.7 Å². The van der Waals surface area contributed by atoms with E-state index in [0.717, 1.165) is 0 Å². The van der Waals surface area contributed by atoms with Crippen LogP contribution >= 0.6 is 15.9 Å². The van der Waals surface area contributed by atoms with Crippen LogP contribution in [0.1, 0.15) is 16.6 Å². The van der Waals surface area contributed by atoms with Crippen LogP contribution in [0.15, 0.2) is 50.6 Å². The number of halogens is 1. The first-order valence-corrected chi connectivity index (χ1v) is 7.84. The molecular weight excluding hydrogens is 384 g/mol. The standard InChI is InChI=1S/C15H13BrN2O6/c16-10-6-18(15(21)17-13(10)19)11-7-22-12(24-11)8-23-14(20)9-4-2-1-3-5-9/h1-6,11-12H,7-8H2,(H,17,19,21)/t11?,12-/m0/s1. The van der Waals surface area contributed by atoms with Gasteiger partial charge in [0, 0.05) is 6.20 Å². The van der Waals surface area contributed by atoms with Crippen molar-refractivity contribution in [2.75, 3.05) is 13.2 Å². The summed E-state index contributed by atoms with van der Waals surface area (Å²) < 4.78 is 17.4. The molecule has 0 amide bonds. The van der Waals surface area contributed by atoms with E-state index in [1.807, 2.05) is 0 Å². The van der Waals surface area contributed by atoms with Gasteiger partial charge in [0.15, 0.2) is 12.5 Å². The van der Waals surface area contributed by atoms with Crippen molar-refractivity contribution in [2.24, 2.45) is 0 Å². The Morgan fingerprint density at radius 2 is 2.08 bits per heavy atom. The summed E-state index contributed by atoms with van der Waals surface area (Å²) in [6.07, 6.45) is -0.181. The van der Waals surface area contributed by atoms with Crippen LogP contribution in [0.3, 0.4) is 0 Å². The molecule has 1 aromatic heterocycles. The van der Waals surface area contributed by atoms with Gasteiger partial charge < -0.3 is 14.2 Å². The molecule has 0 bridgehead atoms. The zero-order chi connectivity index (χ0) is 17.1. The molecule has 1 aromatic carbocycles. The van der Waals surface area contributed by atoms with E-state index >= 15 is 0 Å². The van der Waals surface area contributed by atoms with Crippen molar-refractivity contribution in [1.82, 2.24) is 9.55 Å². The molecule has 2 aromatic rings. The number of carbonyl (C=O) groups is 1. The highest BCUT2D eigenvalue weighted by atomic mass is 79.9. The number of H-pyrrole nitrogens is 1. The largest absolute Gasteiger partial charge is 0.457 e. The molecule has 0 saturated carbocycles. The first-order chi connectivity index (χ1) is 11.5. The van der Waals surface area contributed by atoms with Gasteiger partial charge in [-0.15, -0.1) is 0 Å². The second kappa shape index (κ2) is 7.12.